The summed E-state index contributed by atoms with van der Waals surface area (Å²) in [4.78, 5) is 30.9. The van der Waals surface area contributed by atoms with E-state index < -0.39 is 5.82 Å². The molecule has 0 bridgehead atoms. The molecule has 3 rings (SSSR count). The molecule has 1 aliphatic heterocycles. The van der Waals surface area contributed by atoms with Gasteiger partial charge in [-0.25, -0.2) is 4.39 Å². The molecule has 2 aliphatic rings. The van der Waals surface area contributed by atoms with Crippen LogP contribution >= 0.6 is 0 Å². The van der Waals surface area contributed by atoms with Crippen LogP contribution in [0.5, 0.6) is 0 Å². The molecule has 1 atom stereocenters. The Kier molecular flexibility index (Phi) is 7.43. The summed E-state index contributed by atoms with van der Waals surface area (Å²) in [6.45, 7) is 1.42. The topological polar surface area (TPSA) is 85.8 Å². The summed E-state index contributed by atoms with van der Waals surface area (Å²) in [5.74, 6) is 0.287. The molecule has 0 aromatic heterocycles. The Labute approximate surface area is 171 Å². The third kappa shape index (κ3) is 6.17. The van der Waals surface area contributed by atoms with Crippen LogP contribution in [-0.2, 0) is 9.59 Å². The minimum absolute atomic E-state index is 0.00757. The molecule has 1 unspecified atom stereocenters. The molecule has 0 spiro atoms. The third-order valence-corrected chi connectivity index (χ3v) is 5.54. The highest BCUT2D eigenvalue weighted by atomic mass is 19.1. The van der Waals surface area contributed by atoms with Crippen molar-refractivity contribution in [1.29, 1.82) is 0 Å². The first kappa shape index (κ1) is 21.1. The van der Waals surface area contributed by atoms with Crippen molar-refractivity contribution in [3.8, 4) is 0 Å². The number of likely N-dealkylation sites (tertiary alicyclic amines) is 1. The standard InChI is InChI=1S/C21H30FN5O2/c1-23-21(24-13-19(28)25-17-9-5-8-16(22)12-17)26-18-10-11-27(14-18)20(29)15-6-3-2-4-7-15/h5,8-9,12,15,18H,2-4,6-7,10-11,13-14H2,1H3,(H,25,28)(H2,23,24,26). The molecule has 2 fully saturated rings. The lowest BCUT2D eigenvalue weighted by Crippen LogP contribution is -2.47. The number of nitrogens with zero attached hydrogens (tertiary/aromatic N) is 2. The van der Waals surface area contributed by atoms with E-state index >= 15 is 0 Å². The van der Waals surface area contributed by atoms with E-state index in [1.165, 1.54) is 18.6 Å². The zero-order valence-electron chi connectivity index (χ0n) is 16.9. The first-order chi connectivity index (χ1) is 14.0. The van der Waals surface area contributed by atoms with Crippen LogP contribution in [0, 0.1) is 11.7 Å². The summed E-state index contributed by atoms with van der Waals surface area (Å²) >= 11 is 0. The predicted molar refractivity (Wildman–Crippen MR) is 111 cm³/mol. The van der Waals surface area contributed by atoms with Gasteiger partial charge in [-0.15, -0.1) is 0 Å². The summed E-state index contributed by atoms with van der Waals surface area (Å²) in [7, 11) is 1.64. The fraction of sp³-hybridized carbons (Fsp3) is 0.571. The molecule has 1 saturated heterocycles. The van der Waals surface area contributed by atoms with Crippen LogP contribution in [0.25, 0.3) is 0 Å². The van der Waals surface area contributed by atoms with Crippen molar-refractivity contribution in [2.24, 2.45) is 10.9 Å². The maximum Gasteiger partial charge on any atom is 0.243 e. The van der Waals surface area contributed by atoms with Gasteiger partial charge in [0.05, 0.1) is 6.54 Å². The fourth-order valence-corrected chi connectivity index (χ4v) is 4.01. The smallest absolute Gasteiger partial charge is 0.243 e. The number of carbonyl (C=O) groups excluding carboxylic acids is 2. The van der Waals surface area contributed by atoms with Crippen LogP contribution in [0.1, 0.15) is 38.5 Å². The normalized spacial score (nSPS) is 20.4. The molecule has 0 radical (unpaired) electrons. The minimum Gasteiger partial charge on any atom is -0.352 e. The summed E-state index contributed by atoms with van der Waals surface area (Å²) in [6, 6.07) is 5.87. The zero-order valence-corrected chi connectivity index (χ0v) is 16.9. The first-order valence-electron chi connectivity index (χ1n) is 10.4. The van der Waals surface area contributed by atoms with E-state index in [1.54, 1.807) is 19.2 Å². The van der Waals surface area contributed by atoms with Gasteiger partial charge in [0.2, 0.25) is 11.8 Å². The van der Waals surface area contributed by atoms with Gasteiger partial charge in [0.1, 0.15) is 5.82 Å². The molecule has 158 valence electrons. The second-order valence-electron chi connectivity index (χ2n) is 7.73. The van der Waals surface area contributed by atoms with Crippen LogP contribution in [-0.4, -0.2) is 55.4 Å². The highest BCUT2D eigenvalue weighted by Gasteiger charge is 2.31. The van der Waals surface area contributed by atoms with Gasteiger partial charge in [-0.2, -0.15) is 0 Å². The van der Waals surface area contributed by atoms with Gasteiger partial charge in [0, 0.05) is 37.8 Å². The van der Waals surface area contributed by atoms with E-state index in [4.69, 9.17) is 0 Å². The van der Waals surface area contributed by atoms with Crippen LogP contribution in [0.15, 0.2) is 29.3 Å². The number of hydrogen-bond donors (Lipinski definition) is 3. The number of amides is 2. The number of anilines is 1. The number of guanidine groups is 1. The highest BCUT2D eigenvalue weighted by molar-refractivity contribution is 5.95. The number of rotatable bonds is 5. The Morgan fingerprint density at radius 2 is 2.00 bits per heavy atom. The van der Waals surface area contributed by atoms with Gasteiger partial charge in [-0.05, 0) is 37.5 Å². The van der Waals surface area contributed by atoms with Crippen LogP contribution in [0.4, 0.5) is 10.1 Å². The number of hydrogen-bond acceptors (Lipinski definition) is 3. The van der Waals surface area contributed by atoms with E-state index in [1.807, 2.05) is 4.90 Å². The van der Waals surface area contributed by atoms with Crippen molar-refractivity contribution in [3.05, 3.63) is 30.1 Å². The van der Waals surface area contributed by atoms with Gasteiger partial charge in [-0.1, -0.05) is 25.3 Å². The maximum atomic E-state index is 13.2. The molecule has 3 N–H and O–H groups in total. The lowest BCUT2D eigenvalue weighted by atomic mass is 9.88. The Bertz CT molecular complexity index is 748. The lowest BCUT2D eigenvalue weighted by Gasteiger charge is -2.26. The molecule has 2 amide bonds. The number of benzene rings is 1. The SMILES string of the molecule is CN=C(NCC(=O)Nc1cccc(F)c1)NC1CCN(C(=O)C2CCCCC2)C1. The first-order valence-corrected chi connectivity index (χ1v) is 10.4. The zero-order chi connectivity index (χ0) is 20.6. The van der Waals surface area contributed by atoms with Gasteiger partial charge in [0.15, 0.2) is 5.96 Å². The monoisotopic (exact) mass is 403 g/mol. The number of aliphatic imine (C=N–C) groups is 1. The van der Waals surface area contributed by atoms with Crippen molar-refractivity contribution in [1.82, 2.24) is 15.5 Å². The molecule has 1 heterocycles. The average molecular weight is 404 g/mol. The summed E-state index contributed by atoms with van der Waals surface area (Å²) < 4.78 is 13.2. The summed E-state index contributed by atoms with van der Waals surface area (Å²) in [5, 5.41) is 8.89. The molecule has 1 aromatic carbocycles. The highest BCUT2D eigenvalue weighted by Crippen LogP contribution is 2.26. The lowest BCUT2D eigenvalue weighted by molar-refractivity contribution is -0.135. The maximum absolute atomic E-state index is 13.2. The fourth-order valence-electron chi connectivity index (χ4n) is 4.01. The quantitative estimate of drug-likeness (QED) is 0.519. The molecular weight excluding hydrogens is 373 g/mol. The Morgan fingerprint density at radius 1 is 1.21 bits per heavy atom. The van der Waals surface area contributed by atoms with Crippen LogP contribution in [0.2, 0.25) is 0 Å². The van der Waals surface area contributed by atoms with Crippen LogP contribution in [0.3, 0.4) is 0 Å². The Morgan fingerprint density at radius 3 is 2.72 bits per heavy atom. The van der Waals surface area contributed by atoms with Gasteiger partial charge < -0.3 is 20.9 Å². The molecule has 7 nitrogen and oxygen atoms in total. The number of nitrogens with one attached hydrogen (secondary N) is 3. The Hall–Kier alpha value is -2.64. The van der Waals surface area contributed by atoms with Crippen molar-refractivity contribution in [2.75, 3.05) is 32.0 Å². The van der Waals surface area contributed by atoms with Crippen LogP contribution < -0.4 is 16.0 Å². The predicted octanol–water partition coefficient (Wildman–Crippen LogP) is 2.11. The van der Waals surface area contributed by atoms with E-state index in [0.29, 0.717) is 18.2 Å². The molecule has 1 aliphatic carbocycles. The van der Waals surface area contributed by atoms with E-state index in [2.05, 4.69) is 20.9 Å². The summed E-state index contributed by atoms with van der Waals surface area (Å²) in [6.07, 6.45) is 6.42. The second-order valence-corrected chi connectivity index (χ2v) is 7.73. The number of halogens is 1. The molecule has 1 aromatic rings. The van der Waals surface area contributed by atoms with Crippen molar-refractivity contribution < 1.29 is 14.0 Å². The van der Waals surface area contributed by atoms with E-state index in [-0.39, 0.29) is 30.3 Å². The molecule has 1 saturated carbocycles. The van der Waals surface area contributed by atoms with Crippen molar-refractivity contribution in [3.63, 3.8) is 0 Å². The van der Waals surface area contributed by atoms with Crippen molar-refractivity contribution >= 4 is 23.5 Å². The van der Waals surface area contributed by atoms with E-state index in [9.17, 15) is 14.0 Å². The van der Waals surface area contributed by atoms with Crippen molar-refractivity contribution in [2.45, 2.75) is 44.6 Å². The third-order valence-electron chi connectivity index (χ3n) is 5.54. The second kappa shape index (κ2) is 10.2. The Balaban J connectivity index is 1.42. The average Bonchev–Trinajstić information content (AvgIpc) is 3.19. The van der Waals surface area contributed by atoms with Gasteiger partial charge in [0.25, 0.3) is 0 Å². The molecule has 8 heteroatoms. The molecule has 29 heavy (non-hydrogen) atoms. The van der Waals surface area contributed by atoms with Gasteiger partial charge in [-0.3, -0.25) is 14.6 Å². The minimum atomic E-state index is -0.401. The summed E-state index contributed by atoms with van der Waals surface area (Å²) in [5.41, 5.74) is 0.410. The molecular formula is C21H30FN5O2. The largest absolute Gasteiger partial charge is 0.352 e. The number of carbonyl (C=O) groups is 2. The van der Waals surface area contributed by atoms with Gasteiger partial charge >= 0.3 is 0 Å². The van der Waals surface area contributed by atoms with E-state index in [0.717, 1.165) is 38.6 Å².